The van der Waals surface area contributed by atoms with E-state index in [0.717, 1.165) is 10.0 Å². The highest BCUT2D eigenvalue weighted by atomic mass is 79.9. The van der Waals surface area contributed by atoms with E-state index in [0.29, 0.717) is 12.3 Å². The molecule has 0 aliphatic heterocycles. The van der Waals surface area contributed by atoms with Gasteiger partial charge in [0.25, 0.3) is 0 Å². The number of ether oxygens (including phenoxy) is 1. The molecule has 2 unspecified atom stereocenters. The molecular formula is C12H18BrNO2. The largest absolute Gasteiger partial charge is 0.390 e. The lowest BCUT2D eigenvalue weighted by Gasteiger charge is -2.24. The van der Waals surface area contributed by atoms with E-state index < -0.39 is 6.10 Å². The summed E-state index contributed by atoms with van der Waals surface area (Å²) in [6, 6.07) is 1.96. The van der Waals surface area contributed by atoms with Crippen LogP contribution in [0.4, 0.5) is 0 Å². The number of methoxy groups -OCH3 is 1. The van der Waals surface area contributed by atoms with E-state index in [-0.39, 0.29) is 6.10 Å². The number of aromatic nitrogens is 1. The second-order valence-corrected chi connectivity index (χ2v) is 5.14. The van der Waals surface area contributed by atoms with Gasteiger partial charge < -0.3 is 9.84 Å². The molecule has 0 radical (unpaired) electrons. The van der Waals surface area contributed by atoms with Crippen LogP contribution in [0.5, 0.6) is 0 Å². The third kappa shape index (κ3) is 3.85. The van der Waals surface area contributed by atoms with Gasteiger partial charge in [-0.05, 0) is 33.5 Å². The molecule has 1 N–H and O–H groups in total. The van der Waals surface area contributed by atoms with Gasteiger partial charge in [0.05, 0.1) is 12.2 Å². The molecule has 0 saturated carbocycles. The van der Waals surface area contributed by atoms with Gasteiger partial charge in [0, 0.05) is 30.4 Å². The minimum Gasteiger partial charge on any atom is -0.390 e. The second kappa shape index (κ2) is 6.33. The van der Waals surface area contributed by atoms with E-state index in [9.17, 15) is 5.11 Å². The van der Waals surface area contributed by atoms with Gasteiger partial charge >= 0.3 is 0 Å². The highest BCUT2D eigenvalue weighted by molar-refractivity contribution is 9.10. The zero-order chi connectivity index (χ0) is 12.1. The highest BCUT2D eigenvalue weighted by Gasteiger charge is 2.22. The van der Waals surface area contributed by atoms with Gasteiger partial charge in [0.1, 0.15) is 0 Å². The fourth-order valence-electron chi connectivity index (χ4n) is 1.80. The fraction of sp³-hybridized carbons (Fsp3) is 0.583. The van der Waals surface area contributed by atoms with E-state index >= 15 is 0 Å². The van der Waals surface area contributed by atoms with Crippen LogP contribution in [0.25, 0.3) is 0 Å². The van der Waals surface area contributed by atoms with Crippen LogP contribution in [0.2, 0.25) is 0 Å². The Labute approximate surface area is 105 Å². The molecule has 1 heterocycles. The number of hydrogen-bond donors (Lipinski definition) is 1. The molecular weight excluding hydrogens is 270 g/mol. The SMILES string of the molecule is COC(C(C)C)C(O)Cc1cncc(Br)c1. The molecule has 0 amide bonds. The maximum absolute atomic E-state index is 10.1. The first-order valence-electron chi connectivity index (χ1n) is 5.35. The Hall–Kier alpha value is -0.450. The first-order valence-corrected chi connectivity index (χ1v) is 6.14. The van der Waals surface area contributed by atoms with Gasteiger partial charge in [0.15, 0.2) is 0 Å². The van der Waals surface area contributed by atoms with Crippen molar-refractivity contribution in [1.29, 1.82) is 0 Å². The van der Waals surface area contributed by atoms with Crippen LogP contribution in [0.15, 0.2) is 22.9 Å². The van der Waals surface area contributed by atoms with Crippen molar-refractivity contribution in [2.45, 2.75) is 32.5 Å². The van der Waals surface area contributed by atoms with Crippen LogP contribution in [-0.4, -0.2) is 29.4 Å². The number of nitrogens with zero attached hydrogens (tertiary/aromatic N) is 1. The Morgan fingerprint density at radius 3 is 2.62 bits per heavy atom. The summed E-state index contributed by atoms with van der Waals surface area (Å²) in [5.74, 6) is 0.292. The topological polar surface area (TPSA) is 42.4 Å². The van der Waals surface area contributed by atoms with Crippen LogP contribution >= 0.6 is 15.9 Å². The Kier molecular flexibility index (Phi) is 5.38. The van der Waals surface area contributed by atoms with Crippen LogP contribution in [-0.2, 0) is 11.2 Å². The average Bonchev–Trinajstić information content (AvgIpc) is 2.17. The van der Waals surface area contributed by atoms with Crippen LogP contribution in [0.1, 0.15) is 19.4 Å². The lowest BCUT2D eigenvalue weighted by Crippen LogP contribution is -2.34. The molecule has 1 aromatic heterocycles. The molecule has 16 heavy (non-hydrogen) atoms. The molecule has 1 aromatic rings. The van der Waals surface area contributed by atoms with E-state index in [1.165, 1.54) is 0 Å². The van der Waals surface area contributed by atoms with Gasteiger partial charge in [-0.3, -0.25) is 4.98 Å². The highest BCUT2D eigenvalue weighted by Crippen LogP contribution is 2.16. The van der Waals surface area contributed by atoms with Crippen molar-refractivity contribution in [3.63, 3.8) is 0 Å². The summed E-state index contributed by atoms with van der Waals surface area (Å²) < 4.78 is 6.22. The van der Waals surface area contributed by atoms with Gasteiger partial charge in [-0.2, -0.15) is 0 Å². The minimum absolute atomic E-state index is 0.140. The Balaban J connectivity index is 2.66. The smallest absolute Gasteiger partial charge is 0.0856 e. The molecule has 1 rings (SSSR count). The molecule has 0 saturated heterocycles. The molecule has 0 aliphatic rings. The number of halogens is 1. The van der Waals surface area contributed by atoms with E-state index in [4.69, 9.17) is 4.74 Å². The Morgan fingerprint density at radius 1 is 1.44 bits per heavy atom. The first kappa shape index (κ1) is 13.6. The zero-order valence-corrected chi connectivity index (χ0v) is 11.4. The second-order valence-electron chi connectivity index (χ2n) is 4.23. The van der Waals surface area contributed by atoms with E-state index in [2.05, 4.69) is 20.9 Å². The van der Waals surface area contributed by atoms with Gasteiger partial charge in [-0.25, -0.2) is 0 Å². The number of aliphatic hydroxyl groups excluding tert-OH is 1. The summed E-state index contributed by atoms with van der Waals surface area (Å²) in [4.78, 5) is 4.07. The standard InChI is InChI=1S/C12H18BrNO2/c1-8(2)12(16-3)11(15)5-9-4-10(13)7-14-6-9/h4,6-8,11-12,15H,5H2,1-3H3. The molecule has 0 bridgehead atoms. The predicted molar refractivity (Wildman–Crippen MR) is 67.3 cm³/mol. The van der Waals surface area contributed by atoms with Crippen molar-refractivity contribution in [3.8, 4) is 0 Å². The molecule has 0 aromatic carbocycles. The maximum Gasteiger partial charge on any atom is 0.0856 e. The number of hydrogen-bond acceptors (Lipinski definition) is 3. The predicted octanol–water partition coefficient (Wildman–Crippen LogP) is 2.42. The summed E-state index contributed by atoms with van der Waals surface area (Å²) in [5, 5.41) is 10.1. The van der Waals surface area contributed by atoms with Crippen molar-refractivity contribution in [2.24, 2.45) is 5.92 Å². The monoisotopic (exact) mass is 287 g/mol. The quantitative estimate of drug-likeness (QED) is 0.904. The molecule has 0 fully saturated rings. The molecule has 0 aliphatic carbocycles. The van der Waals surface area contributed by atoms with Crippen LogP contribution in [0.3, 0.4) is 0 Å². The number of pyridine rings is 1. The van der Waals surface area contributed by atoms with Crippen molar-refractivity contribution in [3.05, 3.63) is 28.5 Å². The summed E-state index contributed by atoms with van der Waals surface area (Å²) in [6.07, 6.45) is 3.41. The van der Waals surface area contributed by atoms with Gasteiger partial charge in [-0.15, -0.1) is 0 Å². The van der Waals surface area contributed by atoms with Gasteiger partial charge in [0.2, 0.25) is 0 Å². The van der Waals surface area contributed by atoms with Crippen molar-refractivity contribution >= 4 is 15.9 Å². The fourth-order valence-corrected chi connectivity index (χ4v) is 2.21. The van der Waals surface area contributed by atoms with Crippen molar-refractivity contribution < 1.29 is 9.84 Å². The molecule has 90 valence electrons. The summed E-state index contributed by atoms with van der Waals surface area (Å²) in [6.45, 7) is 4.08. The third-order valence-electron chi connectivity index (χ3n) is 2.51. The van der Waals surface area contributed by atoms with Gasteiger partial charge in [-0.1, -0.05) is 13.8 Å². The summed E-state index contributed by atoms with van der Waals surface area (Å²) in [7, 11) is 1.63. The molecule has 3 nitrogen and oxygen atoms in total. The summed E-state index contributed by atoms with van der Waals surface area (Å²) in [5.41, 5.74) is 1.00. The lowest BCUT2D eigenvalue weighted by molar-refractivity contribution is -0.0368. The molecule has 0 spiro atoms. The van der Waals surface area contributed by atoms with Crippen molar-refractivity contribution in [2.75, 3.05) is 7.11 Å². The maximum atomic E-state index is 10.1. The van der Waals surface area contributed by atoms with Crippen LogP contribution in [0, 0.1) is 5.92 Å². The Morgan fingerprint density at radius 2 is 2.12 bits per heavy atom. The normalized spacial score (nSPS) is 15.1. The third-order valence-corrected chi connectivity index (χ3v) is 2.95. The summed E-state index contributed by atoms with van der Waals surface area (Å²) >= 11 is 3.36. The lowest BCUT2D eigenvalue weighted by atomic mass is 9.97. The Bertz CT molecular complexity index is 331. The molecule has 4 heteroatoms. The minimum atomic E-state index is -0.499. The van der Waals surface area contributed by atoms with E-state index in [1.54, 1.807) is 19.5 Å². The molecule has 2 atom stereocenters. The van der Waals surface area contributed by atoms with Crippen LogP contribution < -0.4 is 0 Å². The number of aliphatic hydroxyl groups is 1. The van der Waals surface area contributed by atoms with Crippen molar-refractivity contribution in [1.82, 2.24) is 4.98 Å². The first-order chi connectivity index (χ1) is 7.54. The average molecular weight is 288 g/mol. The zero-order valence-electron chi connectivity index (χ0n) is 9.85. The number of rotatable bonds is 5. The van der Waals surface area contributed by atoms with E-state index in [1.807, 2.05) is 19.9 Å².